The lowest BCUT2D eigenvalue weighted by atomic mass is 9.93. The minimum atomic E-state index is -0.265. The Bertz CT molecular complexity index is 969. The van der Waals surface area contributed by atoms with Gasteiger partial charge in [-0.1, -0.05) is 48.5 Å². The summed E-state index contributed by atoms with van der Waals surface area (Å²) in [5.74, 6) is 0.828. The SMILES string of the molecule is COc1ccc(CCNC(c2ccccc2)c2ccc(C)c(C)c2[N+](=O)[O-])cc1. The molecule has 0 aliphatic rings. The molecule has 3 rings (SSSR count). The number of nitrogens with zero attached hydrogens (tertiary/aromatic N) is 1. The third-order valence-corrected chi connectivity index (χ3v) is 5.28. The molecule has 0 aliphatic heterocycles. The Morgan fingerprint density at radius 1 is 1.00 bits per heavy atom. The van der Waals surface area contributed by atoms with Crippen molar-refractivity contribution in [2.24, 2.45) is 0 Å². The maximum Gasteiger partial charge on any atom is 0.277 e. The van der Waals surface area contributed by atoms with Gasteiger partial charge >= 0.3 is 0 Å². The molecule has 0 saturated heterocycles. The summed E-state index contributed by atoms with van der Waals surface area (Å²) in [5.41, 5.74) is 4.71. The van der Waals surface area contributed by atoms with Crippen molar-refractivity contribution in [1.82, 2.24) is 5.32 Å². The summed E-state index contributed by atoms with van der Waals surface area (Å²) >= 11 is 0. The first kappa shape index (κ1) is 20.6. The molecule has 1 atom stereocenters. The summed E-state index contributed by atoms with van der Waals surface area (Å²) in [6.45, 7) is 4.41. The van der Waals surface area contributed by atoms with Gasteiger partial charge in [0.2, 0.25) is 0 Å². The number of hydrogen-bond acceptors (Lipinski definition) is 4. The molecule has 1 unspecified atom stereocenters. The Kier molecular flexibility index (Phi) is 6.62. The van der Waals surface area contributed by atoms with E-state index in [1.807, 2.05) is 80.6 Å². The molecule has 0 spiro atoms. The number of aryl methyl sites for hydroxylation is 1. The first-order chi connectivity index (χ1) is 14.0. The zero-order valence-corrected chi connectivity index (χ0v) is 17.0. The average molecular weight is 390 g/mol. The summed E-state index contributed by atoms with van der Waals surface area (Å²) in [6.07, 6.45) is 0.811. The molecular weight excluding hydrogens is 364 g/mol. The molecule has 3 aromatic carbocycles. The quantitative estimate of drug-likeness (QED) is 0.427. The van der Waals surface area contributed by atoms with Gasteiger partial charge in [-0.2, -0.15) is 0 Å². The van der Waals surface area contributed by atoms with Crippen LogP contribution >= 0.6 is 0 Å². The van der Waals surface area contributed by atoms with Crippen LogP contribution in [0.5, 0.6) is 5.75 Å². The molecule has 29 heavy (non-hydrogen) atoms. The van der Waals surface area contributed by atoms with Crippen LogP contribution in [0.4, 0.5) is 5.69 Å². The van der Waals surface area contributed by atoms with Crippen molar-refractivity contribution in [2.75, 3.05) is 13.7 Å². The molecule has 0 fully saturated rings. The number of ether oxygens (including phenoxy) is 1. The average Bonchev–Trinajstić information content (AvgIpc) is 2.74. The Labute approximate surface area is 171 Å². The van der Waals surface area contributed by atoms with Crippen LogP contribution in [0.3, 0.4) is 0 Å². The fraction of sp³-hybridized carbons (Fsp3) is 0.250. The van der Waals surface area contributed by atoms with Gasteiger partial charge in [0, 0.05) is 12.1 Å². The lowest BCUT2D eigenvalue weighted by molar-refractivity contribution is -0.386. The summed E-state index contributed by atoms with van der Waals surface area (Å²) in [6, 6.07) is 21.4. The maximum absolute atomic E-state index is 11.9. The molecule has 1 N–H and O–H groups in total. The van der Waals surface area contributed by atoms with Crippen LogP contribution < -0.4 is 10.1 Å². The highest BCUT2D eigenvalue weighted by molar-refractivity contribution is 5.54. The lowest BCUT2D eigenvalue weighted by Gasteiger charge is -2.21. The van der Waals surface area contributed by atoms with E-state index in [1.165, 1.54) is 5.56 Å². The van der Waals surface area contributed by atoms with E-state index in [9.17, 15) is 10.1 Å². The highest BCUT2D eigenvalue weighted by Crippen LogP contribution is 2.34. The number of benzene rings is 3. The predicted molar refractivity (Wildman–Crippen MR) is 116 cm³/mol. The van der Waals surface area contributed by atoms with Crippen molar-refractivity contribution < 1.29 is 9.66 Å². The number of nitrogens with one attached hydrogen (secondary N) is 1. The van der Waals surface area contributed by atoms with E-state index in [4.69, 9.17) is 4.74 Å². The van der Waals surface area contributed by atoms with Crippen molar-refractivity contribution in [2.45, 2.75) is 26.3 Å². The predicted octanol–water partition coefficient (Wildman–Crippen LogP) is 5.14. The molecule has 150 valence electrons. The van der Waals surface area contributed by atoms with E-state index in [0.717, 1.165) is 23.3 Å². The first-order valence-electron chi connectivity index (χ1n) is 9.67. The second-order valence-corrected chi connectivity index (χ2v) is 7.10. The number of rotatable bonds is 8. The maximum atomic E-state index is 11.9. The molecule has 5 nitrogen and oxygen atoms in total. The first-order valence-corrected chi connectivity index (χ1v) is 9.67. The summed E-state index contributed by atoms with van der Waals surface area (Å²) in [7, 11) is 1.65. The molecule has 0 bridgehead atoms. The van der Waals surface area contributed by atoms with E-state index in [0.29, 0.717) is 17.7 Å². The number of methoxy groups -OCH3 is 1. The van der Waals surface area contributed by atoms with Crippen LogP contribution in [-0.2, 0) is 6.42 Å². The highest BCUT2D eigenvalue weighted by atomic mass is 16.6. The van der Waals surface area contributed by atoms with E-state index in [-0.39, 0.29) is 16.7 Å². The Hall–Kier alpha value is -3.18. The Morgan fingerprint density at radius 3 is 2.31 bits per heavy atom. The van der Waals surface area contributed by atoms with Gasteiger partial charge in [0.15, 0.2) is 0 Å². The van der Waals surface area contributed by atoms with E-state index >= 15 is 0 Å². The molecule has 5 heteroatoms. The monoisotopic (exact) mass is 390 g/mol. The minimum absolute atomic E-state index is 0.191. The van der Waals surface area contributed by atoms with Crippen LogP contribution in [0.1, 0.15) is 33.9 Å². The topological polar surface area (TPSA) is 64.4 Å². The van der Waals surface area contributed by atoms with Gasteiger partial charge in [-0.3, -0.25) is 10.1 Å². The van der Waals surface area contributed by atoms with Crippen LogP contribution in [0.25, 0.3) is 0 Å². The van der Waals surface area contributed by atoms with Crippen molar-refractivity contribution >= 4 is 5.69 Å². The summed E-state index contributed by atoms with van der Waals surface area (Å²) in [4.78, 5) is 11.6. The van der Waals surface area contributed by atoms with Crippen LogP contribution in [0, 0.1) is 24.0 Å². The number of nitro benzene ring substituents is 1. The molecule has 0 aliphatic carbocycles. The Balaban J connectivity index is 1.88. The van der Waals surface area contributed by atoms with E-state index in [2.05, 4.69) is 5.32 Å². The fourth-order valence-corrected chi connectivity index (χ4v) is 3.50. The Morgan fingerprint density at radius 2 is 1.69 bits per heavy atom. The standard InChI is InChI=1S/C24H26N2O3/c1-17-9-14-22(24(18(17)2)26(27)28)23(20-7-5-4-6-8-20)25-16-15-19-10-12-21(29-3)13-11-19/h4-14,23,25H,15-16H2,1-3H3. The highest BCUT2D eigenvalue weighted by Gasteiger charge is 2.26. The van der Waals surface area contributed by atoms with Gasteiger partial charge in [0.1, 0.15) is 5.75 Å². The summed E-state index contributed by atoms with van der Waals surface area (Å²) in [5, 5.41) is 15.4. The van der Waals surface area contributed by atoms with Gasteiger partial charge < -0.3 is 10.1 Å². The van der Waals surface area contributed by atoms with Crippen LogP contribution in [0.15, 0.2) is 66.7 Å². The van der Waals surface area contributed by atoms with Crippen molar-refractivity contribution in [1.29, 1.82) is 0 Å². The molecule has 0 saturated carbocycles. The van der Waals surface area contributed by atoms with Gasteiger partial charge in [0.25, 0.3) is 5.69 Å². The van der Waals surface area contributed by atoms with Crippen molar-refractivity contribution in [3.05, 3.63) is 105 Å². The van der Waals surface area contributed by atoms with Gasteiger partial charge in [0.05, 0.1) is 23.6 Å². The zero-order chi connectivity index (χ0) is 20.8. The largest absolute Gasteiger partial charge is 0.497 e. The molecular formula is C24H26N2O3. The third-order valence-electron chi connectivity index (χ3n) is 5.28. The number of hydrogen-bond donors (Lipinski definition) is 1. The van der Waals surface area contributed by atoms with Crippen LogP contribution in [0.2, 0.25) is 0 Å². The van der Waals surface area contributed by atoms with Crippen molar-refractivity contribution in [3.63, 3.8) is 0 Å². The van der Waals surface area contributed by atoms with Crippen molar-refractivity contribution in [3.8, 4) is 5.75 Å². The van der Waals surface area contributed by atoms with Gasteiger partial charge in [-0.05, 0) is 55.2 Å². The second kappa shape index (κ2) is 9.34. The minimum Gasteiger partial charge on any atom is -0.497 e. The lowest BCUT2D eigenvalue weighted by Crippen LogP contribution is -2.25. The van der Waals surface area contributed by atoms with Crippen LogP contribution in [-0.4, -0.2) is 18.6 Å². The number of nitro groups is 1. The molecule has 0 radical (unpaired) electrons. The fourth-order valence-electron chi connectivity index (χ4n) is 3.50. The summed E-state index contributed by atoms with van der Waals surface area (Å²) < 4.78 is 5.20. The smallest absolute Gasteiger partial charge is 0.277 e. The molecule has 0 heterocycles. The normalized spacial score (nSPS) is 11.8. The molecule has 0 amide bonds. The van der Waals surface area contributed by atoms with E-state index < -0.39 is 0 Å². The van der Waals surface area contributed by atoms with E-state index in [1.54, 1.807) is 7.11 Å². The second-order valence-electron chi connectivity index (χ2n) is 7.10. The van der Waals surface area contributed by atoms with Gasteiger partial charge in [-0.25, -0.2) is 0 Å². The molecule has 3 aromatic rings. The zero-order valence-electron chi connectivity index (χ0n) is 17.0. The van der Waals surface area contributed by atoms with Gasteiger partial charge in [-0.15, -0.1) is 0 Å². The molecule has 0 aromatic heterocycles. The third kappa shape index (κ3) is 4.81.